The Morgan fingerprint density at radius 3 is 2.24 bits per heavy atom. The summed E-state index contributed by atoms with van der Waals surface area (Å²) in [7, 11) is -3.67. The van der Waals surface area contributed by atoms with E-state index in [9.17, 15) is 13.2 Å². The number of rotatable bonds is 5. The van der Waals surface area contributed by atoms with Crippen molar-refractivity contribution >= 4 is 38.9 Å². The van der Waals surface area contributed by atoms with Crippen LogP contribution >= 0.6 is 11.6 Å². The lowest BCUT2D eigenvalue weighted by Crippen LogP contribution is -2.45. The number of carbonyl (C=O) groups excluding carboxylic acids is 1. The number of sulfonamides is 1. The summed E-state index contributed by atoms with van der Waals surface area (Å²) in [6.07, 6.45) is 1.06. The van der Waals surface area contributed by atoms with Crippen molar-refractivity contribution in [2.75, 3.05) is 15.9 Å². The van der Waals surface area contributed by atoms with Crippen molar-refractivity contribution < 1.29 is 13.2 Å². The van der Waals surface area contributed by atoms with Gasteiger partial charge < -0.3 is 5.32 Å². The van der Waals surface area contributed by atoms with Crippen molar-refractivity contribution in [2.24, 2.45) is 0 Å². The molecule has 0 radical (unpaired) electrons. The van der Waals surface area contributed by atoms with Crippen LogP contribution in [0.5, 0.6) is 0 Å². The van der Waals surface area contributed by atoms with Crippen molar-refractivity contribution in [3.8, 4) is 0 Å². The third-order valence-electron chi connectivity index (χ3n) is 3.64. The number of halogens is 1. The van der Waals surface area contributed by atoms with E-state index in [2.05, 4.69) is 5.32 Å². The molecule has 7 heteroatoms. The van der Waals surface area contributed by atoms with Gasteiger partial charge in [-0.05, 0) is 62.2 Å². The molecule has 5 nitrogen and oxygen atoms in total. The van der Waals surface area contributed by atoms with Crippen molar-refractivity contribution in [3.63, 3.8) is 0 Å². The van der Waals surface area contributed by atoms with Crippen molar-refractivity contribution in [1.82, 2.24) is 0 Å². The highest BCUT2D eigenvalue weighted by Crippen LogP contribution is 2.25. The SMILES string of the molecule is Cc1cc(C)cc(NC(=O)[C@@H](C)N(c2cccc(Cl)c2)S(C)(=O)=O)c1. The maximum atomic E-state index is 12.6. The first-order valence-electron chi connectivity index (χ1n) is 7.72. The average Bonchev–Trinajstić information content (AvgIpc) is 2.44. The van der Waals surface area contributed by atoms with Gasteiger partial charge >= 0.3 is 0 Å². The number of anilines is 2. The monoisotopic (exact) mass is 380 g/mol. The molecule has 25 heavy (non-hydrogen) atoms. The molecule has 0 heterocycles. The van der Waals surface area contributed by atoms with E-state index in [0.717, 1.165) is 21.7 Å². The summed E-state index contributed by atoms with van der Waals surface area (Å²) in [5.74, 6) is -0.421. The summed E-state index contributed by atoms with van der Waals surface area (Å²) < 4.78 is 25.6. The van der Waals surface area contributed by atoms with Crippen molar-refractivity contribution in [2.45, 2.75) is 26.8 Å². The second-order valence-corrected chi connectivity index (χ2v) is 8.38. The quantitative estimate of drug-likeness (QED) is 0.858. The van der Waals surface area contributed by atoms with Crippen LogP contribution in [0.1, 0.15) is 18.1 Å². The minimum Gasteiger partial charge on any atom is -0.324 e. The predicted molar refractivity (Wildman–Crippen MR) is 103 cm³/mol. The Morgan fingerprint density at radius 2 is 1.72 bits per heavy atom. The van der Waals surface area contributed by atoms with Crippen LogP contribution in [-0.2, 0) is 14.8 Å². The van der Waals surface area contributed by atoms with Crippen LogP contribution in [0, 0.1) is 13.8 Å². The minimum atomic E-state index is -3.67. The van der Waals surface area contributed by atoms with Gasteiger partial charge in [0.2, 0.25) is 15.9 Å². The van der Waals surface area contributed by atoms with Crippen LogP contribution in [0.2, 0.25) is 5.02 Å². The fourth-order valence-corrected chi connectivity index (χ4v) is 4.07. The van der Waals surface area contributed by atoms with E-state index in [4.69, 9.17) is 11.6 Å². The molecule has 0 aliphatic rings. The van der Waals surface area contributed by atoms with Gasteiger partial charge in [0.25, 0.3) is 0 Å². The van der Waals surface area contributed by atoms with Crippen LogP contribution in [-0.4, -0.2) is 26.6 Å². The molecular weight excluding hydrogens is 360 g/mol. The lowest BCUT2D eigenvalue weighted by atomic mass is 10.1. The molecule has 0 fully saturated rings. The van der Waals surface area contributed by atoms with Crippen LogP contribution < -0.4 is 9.62 Å². The van der Waals surface area contributed by atoms with E-state index in [0.29, 0.717) is 16.4 Å². The zero-order chi connectivity index (χ0) is 18.8. The molecule has 0 bridgehead atoms. The summed E-state index contributed by atoms with van der Waals surface area (Å²) in [5.41, 5.74) is 3.00. The first-order chi connectivity index (χ1) is 11.6. The molecule has 1 amide bonds. The van der Waals surface area contributed by atoms with Crippen LogP contribution in [0.3, 0.4) is 0 Å². The van der Waals surface area contributed by atoms with E-state index in [1.807, 2.05) is 32.0 Å². The standard InChI is InChI=1S/C18H21ClN2O3S/c1-12-8-13(2)10-16(9-12)20-18(22)14(3)21(25(4,23)24)17-7-5-6-15(19)11-17/h5-11,14H,1-4H3,(H,20,22)/t14-/m1/s1. The normalized spacial score (nSPS) is 12.5. The number of nitrogens with one attached hydrogen (secondary N) is 1. The first kappa shape index (κ1) is 19.3. The maximum absolute atomic E-state index is 12.6. The first-order valence-corrected chi connectivity index (χ1v) is 9.94. The van der Waals surface area contributed by atoms with E-state index in [-0.39, 0.29) is 0 Å². The van der Waals surface area contributed by atoms with Crippen LogP contribution in [0.15, 0.2) is 42.5 Å². The summed E-state index contributed by atoms with van der Waals surface area (Å²) >= 11 is 5.97. The van der Waals surface area contributed by atoms with Crippen LogP contribution in [0.25, 0.3) is 0 Å². The molecule has 2 aromatic rings. The Balaban J connectivity index is 2.33. The lowest BCUT2D eigenvalue weighted by Gasteiger charge is -2.28. The lowest BCUT2D eigenvalue weighted by molar-refractivity contribution is -0.116. The van der Waals surface area contributed by atoms with Gasteiger partial charge in [0, 0.05) is 10.7 Å². The Labute approximate surface area is 153 Å². The predicted octanol–water partition coefficient (Wildman–Crippen LogP) is 3.75. The van der Waals surface area contributed by atoms with E-state index < -0.39 is 22.0 Å². The van der Waals surface area contributed by atoms with Gasteiger partial charge in [0.05, 0.1) is 11.9 Å². The molecule has 1 N–H and O–H groups in total. The molecule has 0 aliphatic carbocycles. The van der Waals surface area contributed by atoms with Gasteiger partial charge in [0.1, 0.15) is 6.04 Å². The maximum Gasteiger partial charge on any atom is 0.247 e. The van der Waals surface area contributed by atoms with E-state index in [1.54, 1.807) is 25.1 Å². The van der Waals surface area contributed by atoms with Gasteiger partial charge in [-0.15, -0.1) is 0 Å². The number of nitrogens with zero attached hydrogens (tertiary/aromatic N) is 1. The molecule has 0 aromatic heterocycles. The number of amides is 1. The van der Waals surface area contributed by atoms with Crippen molar-refractivity contribution in [3.05, 3.63) is 58.6 Å². The minimum absolute atomic E-state index is 0.345. The second-order valence-electron chi connectivity index (χ2n) is 6.08. The Bertz CT molecular complexity index is 877. The number of benzene rings is 2. The van der Waals surface area contributed by atoms with Gasteiger partial charge in [0.15, 0.2) is 0 Å². The molecule has 0 unspecified atom stereocenters. The van der Waals surface area contributed by atoms with Gasteiger partial charge in [-0.1, -0.05) is 23.7 Å². The fourth-order valence-electron chi connectivity index (χ4n) is 2.72. The zero-order valence-corrected chi connectivity index (χ0v) is 16.1. The molecular formula is C18H21ClN2O3S. The van der Waals surface area contributed by atoms with Gasteiger partial charge in [-0.25, -0.2) is 8.42 Å². The number of hydrogen-bond donors (Lipinski definition) is 1. The highest BCUT2D eigenvalue weighted by molar-refractivity contribution is 7.92. The van der Waals surface area contributed by atoms with Crippen LogP contribution in [0.4, 0.5) is 11.4 Å². The number of aryl methyl sites for hydroxylation is 2. The topological polar surface area (TPSA) is 66.5 Å². The van der Waals surface area contributed by atoms with Gasteiger partial charge in [-0.3, -0.25) is 9.10 Å². The third-order valence-corrected chi connectivity index (χ3v) is 5.12. The summed E-state index contributed by atoms with van der Waals surface area (Å²) in [6.45, 7) is 5.40. The van der Waals surface area contributed by atoms with Gasteiger partial charge in [-0.2, -0.15) is 0 Å². The summed E-state index contributed by atoms with van der Waals surface area (Å²) in [6, 6.07) is 11.1. The number of hydrogen-bond acceptors (Lipinski definition) is 3. The smallest absolute Gasteiger partial charge is 0.247 e. The Kier molecular flexibility index (Phi) is 5.75. The molecule has 0 saturated heterocycles. The van der Waals surface area contributed by atoms with Crippen molar-refractivity contribution in [1.29, 1.82) is 0 Å². The Hall–Kier alpha value is -2.05. The molecule has 0 saturated carbocycles. The summed E-state index contributed by atoms with van der Waals surface area (Å²) in [4.78, 5) is 12.6. The highest BCUT2D eigenvalue weighted by atomic mass is 35.5. The molecule has 134 valence electrons. The zero-order valence-electron chi connectivity index (χ0n) is 14.6. The molecule has 2 rings (SSSR count). The largest absolute Gasteiger partial charge is 0.324 e. The molecule has 2 aromatic carbocycles. The highest BCUT2D eigenvalue weighted by Gasteiger charge is 2.29. The van der Waals surface area contributed by atoms with E-state index in [1.165, 1.54) is 6.07 Å². The van der Waals surface area contributed by atoms with E-state index >= 15 is 0 Å². The fraction of sp³-hybridized carbons (Fsp3) is 0.278. The second kappa shape index (κ2) is 7.45. The number of carbonyl (C=O) groups is 1. The summed E-state index contributed by atoms with van der Waals surface area (Å²) in [5, 5.41) is 3.18. The Morgan fingerprint density at radius 1 is 1.12 bits per heavy atom. The molecule has 0 spiro atoms. The molecule has 0 aliphatic heterocycles. The molecule has 1 atom stereocenters. The third kappa shape index (κ3) is 4.96. The average molecular weight is 381 g/mol.